The first-order valence-electron chi connectivity index (χ1n) is 6.65. The van der Waals surface area contributed by atoms with Gasteiger partial charge in [-0.3, -0.25) is 0 Å². The fraction of sp³-hybridized carbons (Fsp3) is 0.600. The number of hydrogen-bond acceptors (Lipinski definition) is 2. The van der Waals surface area contributed by atoms with Crippen LogP contribution in [0.1, 0.15) is 50.2 Å². The van der Waals surface area contributed by atoms with Gasteiger partial charge in [-0.25, -0.2) is 0 Å². The smallest absolute Gasteiger partial charge is 0.0939 e. The van der Waals surface area contributed by atoms with E-state index >= 15 is 0 Å². The van der Waals surface area contributed by atoms with Gasteiger partial charge in [0.05, 0.1) is 5.60 Å². The van der Waals surface area contributed by atoms with Crippen LogP contribution in [0, 0.1) is 5.92 Å². The van der Waals surface area contributed by atoms with Gasteiger partial charge in [0, 0.05) is 5.92 Å². The lowest BCUT2D eigenvalue weighted by molar-refractivity contribution is -0.0400. The van der Waals surface area contributed by atoms with Crippen molar-refractivity contribution in [1.29, 1.82) is 0 Å². The van der Waals surface area contributed by atoms with Gasteiger partial charge in [0.2, 0.25) is 0 Å². The Hall–Kier alpha value is -0.860. The summed E-state index contributed by atoms with van der Waals surface area (Å²) in [6.07, 6.45) is 2.81. The van der Waals surface area contributed by atoms with E-state index in [1.807, 2.05) is 6.07 Å². The van der Waals surface area contributed by atoms with Crippen LogP contribution in [0.3, 0.4) is 0 Å². The molecule has 0 spiro atoms. The first-order chi connectivity index (χ1) is 8.13. The van der Waals surface area contributed by atoms with Crippen LogP contribution in [-0.2, 0) is 5.60 Å². The summed E-state index contributed by atoms with van der Waals surface area (Å²) in [5.74, 6) is 0.706. The molecule has 0 fully saturated rings. The van der Waals surface area contributed by atoms with Crippen molar-refractivity contribution in [1.82, 2.24) is 0 Å². The molecule has 17 heavy (non-hydrogen) atoms. The van der Waals surface area contributed by atoms with Crippen LogP contribution in [0.25, 0.3) is 0 Å². The molecule has 3 N–H and O–H groups in total. The van der Waals surface area contributed by atoms with E-state index in [9.17, 15) is 5.11 Å². The third kappa shape index (κ3) is 2.00. The zero-order valence-corrected chi connectivity index (χ0v) is 10.8. The highest BCUT2D eigenvalue weighted by Crippen LogP contribution is 2.45. The Morgan fingerprint density at radius 3 is 2.82 bits per heavy atom. The topological polar surface area (TPSA) is 46.2 Å². The zero-order chi connectivity index (χ0) is 12.5. The number of fused-ring (bicyclic) bond motifs is 1. The summed E-state index contributed by atoms with van der Waals surface area (Å²) in [4.78, 5) is 0. The average molecular weight is 233 g/mol. The number of hydrogen-bond donors (Lipinski definition) is 2. The summed E-state index contributed by atoms with van der Waals surface area (Å²) in [5.41, 5.74) is 7.52. The summed E-state index contributed by atoms with van der Waals surface area (Å²) in [6, 6.07) is 8.30. The summed E-state index contributed by atoms with van der Waals surface area (Å²) in [5, 5.41) is 11.0. The Kier molecular flexibility index (Phi) is 3.55. The van der Waals surface area contributed by atoms with Crippen molar-refractivity contribution in [2.45, 2.75) is 44.6 Å². The average Bonchev–Trinajstić information content (AvgIpc) is 2.36. The minimum absolute atomic E-state index is 0.163. The van der Waals surface area contributed by atoms with Gasteiger partial charge in [0.25, 0.3) is 0 Å². The van der Waals surface area contributed by atoms with Crippen molar-refractivity contribution in [2.75, 3.05) is 6.54 Å². The molecule has 0 aromatic heterocycles. The standard InChI is InChI=1S/C15H23NO/c1-3-12(10-16)15(17)9-8-11(2)13-6-4-5-7-14(13)15/h4-7,11-12,17H,3,8-10,16H2,1-2H3. The minimum Gasteiger partial charge on any atom is -0.385 e. The third-order valence-corrected chi connectivity index (χ3v) is 4.37. The maximum Gasteiger partial charge on any atom is 0.0939 e. The highest BCUT2D eigenvalue weighted by atomic mass is 16.3. The second-order valence-electron chi connectivity index (χ2n) is 5.29. The highest BCUT2D eigenvalue weighted by molar-refractivity contribution is 5.37. The maximum absolute atomic E-state index is 11.0. The van der Waals surface area contributed by atoms with Gasteiger partial charge < -0.3 is 10.8 Å². The Labute approximate surface area is 104 Å². The van der Waals surface area contributed by atoms with Crippen LogP contribution in [0.5, 0.6) is 0 Å². The molecule has 0 bridgehead atoms. The normalized spacial score (nSPS) is 29.8. The second kappa shape index (κ2) is 4.79. The molecule has 3 unspecified atom stereocenters. The van der Waals surface area contributed by atoms with Gasteiger partial charge in [0.15, 0.2) is 0 Å². The molecule has 2 rings (SSSR count). The molecule has 2 nitrogen and oxygen atoms in total. The summed E-state index contributed by atoms with van der Waals surface area (Å²) >= 11 is 0. The van der Waals surface area contributed by atoms with Crippen molar-refractivity contribution in [2.24, 2.45) is 11.7 Å². The molecule has 0 saturated carbocycles. The molecule has 0 saturated heterocycles. The summed E-state index contributed by atoms with van der Waals surface area (Å²) in [7, 11) is 0. The molecule has 1 aromatic carbocycles. The van der Waals surface area contributed by atoms with Gasteiger partial charge >= 0.3 is 0 Å². The fourth-order valence-corrected chi connectivity index (χ4v) is 3.17. The maximum atomic E-state index is 11.0. The fourth-order valence-electron chi connectivity index (χ4n) is 3.17. The molecule has 1 aliphatic rings. The van der Waals surface area contributed by atoms with E-state index in [0.29, 0.717) is 12.5 Å². The van der Waals surface area contributed by atoms with Crippen molar-refractivity contribution < 1.29 is 5.11 Å². The van der Waals surface area contributed by atoms with E-state index in [2.05, 4.69) is 32.0 Å². The second-order valence-corrected chi connectivity index (χ2v) is 5.29. The molecule has 94 valence electrons. The minimum atomic E-state index is -0.716. The predicted octanol–water partition coefficient (Wildman–Crippen LogP) is 2.76. The van der Waals surface area contributed by atoms with Gasteiger partial charge in [0.1, 0.15) is 0 Å². The van der Waals surface area contributed by atoms with Crippen LogP contribution in [0.15, 0.2) is 24.3 Å². The Bertz CT molecular complexity index is 386. The predicted molar refractivity (Wildman–Crippen MR) is 70.8 cm³/mol. The Morgan fingerprint density at radius 1 is 1.47 bits per heavy atom. The number of aliphatic hydroxyl groups is 1. The van der Waals surface area contributed by atoms with Crippen molar-refractivity contribution in [3.05, 3.63) is 35.4 Å². The molecule has 3 atom stereocenters. The third-order valence-electron chi connectivity index (χ3n) is 4.37. The van der Waals surface area contributed by atoms with Gasteiger partial charge in [-0.1, -0.05) is 38.1 Å². The molecule has 0 radical (unpaired) electrons. The van der Waals surface area contributed by atoms with E-state index in [0.717, 1.165) is 24.8 Å². The number of benzene rings is 1. The zero-order valence-electron chi connectivity index (χ0n) is 10.8. The Balaban J connectivity index is 2.47. The molecular weight excluding hydrogens is 210 g/mol. The molecule has 0 amide bonds. The number of nitrogens with two attached hydrogens (primary N) is 1. The molecule has 1 aromatic rings. The molecule has 0 heterocycles. The first-order valence-corrected chi connectivity index (χ1v) is 6.65. The van der Waals surface area contributed by atoms with Gasteiger partial charge in [-0.05, 0) is 42.9 Å². The molecular formula is C15H23NO. The van der Waals surface area contributed by atoms with Crippen LogP contribution >= 0.6 is 0 Å². The van der Waals surface area contributed by atoms with E-state index in [1.54, 1.807) is 0 Å². The highest BCUT2D eigenvalue weighted by Gasteiger charge is 2.41. The Morgan fingerprint density at radius 2 is 2.18 bits per heavy atom. The van der Waals surface area contributed by atoms with Crippen LogP contribution in [0.4, 0.5) is 0 Å². The summed E-state index contributed by atoms with van der Waals surface area (Å²) < 4.78 is 0. The first kappa shape index (κ1) is 12.6. The molecule has 0 aliphatic heterocycles. The van der Waals surface area contributed by atoms with Crippen LogP contribution in [-0.4, -0.2) is 11.7 Å². The largest absolute Gasteiger partial charge is 0.385 e. The van der Waals surface area contributed by atoms with E-state index in [-0.39, 0.29) is 5.92 Å². The molecule has 1 aliphatic carbocycles. The van der Waals surface area contributed by atoms with Crippen LogP contribution < -0.4 is 5.73 Å². The van der Waals surface area contributed by atoms with E-state index in [1.165, 1.54) is 5.56 Å². The lowest BCUT2D eigenvalue weighted by atomic mass is 9.68. The van der Waals surface area contributed by atoms with Crippen molar-refractivity contribution in [3.8, 4) is 0 Å². The van der Waals surface area contributed by atoms with Gasteiger partial charge in [-0.2, -0.15) is 0 Å². The molecule has 2 heteroatoms. The van der Waals surface area contributed by atoms with E-state index < -0.39 is 5.60 Å². The lowest BCUT2D eigenvalue weighted by Gasteiger charge is -2.42. The quantitative estimate of drug-likeness (QED) is 0.843. The monoisotopic (exact) mass is 233 g/mol. The number of rotatable bonds is 3. The van der Waals surface area contributed by atoms with Gasteiger partial charge in [-0.15, -0.1) is 0 Å². The van der Waals surface area contributed by atoms with Crippen molar-refractivity contribution in [3.63, 3.8) is 0 Å². The summed E-state index contributed by atoms with van der Waals surface area (Å²) in [6.45, 7) is 4.90. The van der Waals surface area contributed by atoms with Crippen LogP contribution in [0.2, 0.25) is 0 Å². The van der Waals surface area contributed by atoms with Crippen molar-refractivity contribution >= 4 is 0 Å². The SMILES string of the molecule is CCC(CN)C1(O)CCC(C)c2ccccc21. The lowest BCUT2D eigenvalue weighted by Crippen LogP contribution is -2.42. The van der Waals surface area contributed by atoms with E-state index in [4.69, 9.17) is 5.73 Å².